The van der Waals surface area contributed by atoms with Crippen LogP contribution < -0.4 is 10.6 Å². The van der Waals surface area contributed by atoms with Gasteiger partial charge >= 0.3 is 0 Å². The molecule has 0 heterocycles. The fraction of sp³-hybridized carbons (Fsp3) is 0.562. The molecule has 22 heavy (non-hydrogen) atoms. The van der Waals surface area contributed by atoms with Gasteiger partial charge in [-0.15, -0.1) is 24.0 Å². The summed E-state index contributed by atoms with van der Waals surface area (Å²) in [5, 5.41) is 7.16. The third kappa shape index (κ3) is 4.47. The molecule has 1 aromatic carbocycles. The molecular formula is C16H22ClFIN3. The molecule has 0 bridgehead atoms. The molecule has 3 nitrogen and oxygen atoms in total. The van der Waals surface area contributed by atoms with Gasteiger partial charge < -0.3 is 10.6 Å². The van der Waals surface area contributed by atoms with Crippen LogP contribution in [0.2, 0.25) is 5.02 Å². The van der Waals surface area contributed by atoms with Crippen LogP contribution in [0.5, 0.6) is 0 Å². The number of aliphatic imine (C=N–C) groups is 1. The van der Waals surface area contributed by atoms with Gasteiger partial charge in [0.05, 0.1) is 0 Å². The fourth-order valence-corrected chi connectivity index (χ4v) is 2.86. The molecule has 0 spiro atoms. The van der Waals surface area contributed by atoms with Crippen molar-refractivity contribution in [2.75, 3.05) is 13.1 Å². The Kier molecular flexibility index (Phi) is 6.32. The van der Waals surface area contributed by atoms with Gasteiger partial charge in [0.25, 0.3) is 0 Å². The summed E-state index contributed by atoms with van der Waals surface area (Å²) in [5.74, 6) is 1.53. The molecule has 1 aromatic rings. The van der Waals surface area contributed by atoms with Crippen LogP contribution in [0.25, 0.3) is 0 Å². The second-order valence-electron chi connectivity index (χ2n) is 5.89. The molecule has 2 atom stereocenters. The molecule has 2 saturated carbocycles. The zero-order valence-corrected chi connectivity index (χ0v) is 15.7. The van der Waals surface area contributed by atoms with Crippen LogP contribution in [0.3, 0.4) is 0 Å². The Morgan fingerprint density at radius 1 is 1.41 bits per heavy atom. The Balaban J connectivity index is 0.00000176. The summed E-state index contributed by atoms with van der Waals surface area (Å²) in [5.41, 5.74) is 0.634. The standard InChI is InChI=1S/C16H21ClFN3.HI/c1-2-19-16(20-9-10-6-7-10)21-14-8-11(14)15-12(17)4-3-5-13(15)18;/h3-5,10-11,14H,2,6-9H2,1H3,(H2,19,20,21);1H. The van der Waals surface area contributed by atoms with E-state index in [1.54, 1.807) is 12.1 Å². The lowest BCUT2D eigenvalue weighted by molar-refractivity contribution is 0.608. The highest BCUT2D eigenvalue weighted by atomic mass is 127. The topological polar surface area (TPSA) is 36.4 Å². The molecule has 0 saturated heterocycles. The minimum atomic E-state index is -0.211. The Morgan fingerprint density at radius 3 is 2.82 bits per heavy atom. The lowest BCUT2D eigenvalue weighted by Gasteiger charge is -2.12. The van der Waals surface area contributed by atoms with Crippen molar-refractivity contribution in [1.82, 2.24) is 10.6 Å². The second kappa shape index (κ2) is 7.81. The number of hydrogen-bond acceptors (Lipinski definition) is 1. The molecule has 6 heteroatoms. The summed E-state index contributed by atoms with van der Waals surface area (Å²) in [6.07, 6.45) is 3.48. The van der Waals surface area contributed by atoms with E-state index in [9.17, 15) is 4.39 Å². The average molecular weight is 438 g/mol. The lowest BCUT2D eigenvalue weighted by atomic mass is 10.1. The van der Waals surface area contributed by atoms with Crippen molar-refractivity contribution in [3.63, 3.8) is 0 Å². The quantitative estimate of drug-likeness (QED) is 0.416. The van der Waals surface area contributed by atoms with Crippen molar-refractivity contribution < 1.29 is 4.39 Å². The Hall–Kier alpha value is -0.560. The van der Waals surface area contributed by atoms with Gasteiger partial charge in [-0.3, -0.25) is 4.99 Å². The fourth-order valence-electron chi connectivity index (χ4n) is 2.55. The molecule has 2 fully saturated rings. The maximum atomic E-state index is 13.9. The monoisotopic (exact) mass is 437 g/mol. The zero-order chi connectivity index (χ0) is 14.8. The van der Waals surface area contributed by atoms with Gasteiger partial charge in [-0.25, -0.2) is 4.39 Å². The van der Waals surface area contributed by atoms with E-state index in [-0.39, 0.29) is 41.8 Å². The predicted octanol–water partition coefficient (Wildman–Crippen LogP) is 3.92. The largest absolute Gasteiger partial charge is 0.357 e. The van der Waals surface area contributed by atoms with E-state index in [1.807, 2.05) is 6.92 Å². The zero-order valence-electron chi connectivity index (χ0n) is 12.6. The van der Waals surface area contributed by atoms with Gasteiger partial charge in [-0.2, -0.15) is 0 Å². The molecule has 2 unspecified atom stereocenters. The Morgan fingerprint density at radius 2 is 2.18 bits per heavy atom. The first-order chi connectivity index (χ1) is 10.2. The SMILES string of the molecule is CCNC(=NCC1CC1)NC1CC1c1c(F)cccc1Cl.I. The maximum Gasteiger partial charge on any atom is 0.191 e. The summed E-state index contributed by atoms with van der Waals surface area (Å²) in [6, 6.07) is 5.09. The van der Waals surface area contributed by atoms with Crippen LogP contribution in [0.4, 0.5) is 4.39 Å². The van der Waals surface area contributed by atoms with Crippen LogP contribution in [-0.4, -0.2) is 25.1 Å². The summed E-state index contributed by atoms with van der Waals surface area (Å²) in [7, 11) is 0. The highest BCUT2D eigenvalue weighted by Crippen LogP contribution is 2.44. The Bertz CT molecular complexity index is 528. The van der Waals surface area contributed by atoms with Crippen molar-refractivity contribution in [3.8, 4) is 0 Å². The number of nitrogens with zero attached hydrogens (tertiary/aromatic N) is 1. The highest BCUT2D eigenvalue weighted by Gasteiger charge is 2.41. The van der Waals surface area contributed by atoms with Crippen molar-refractivity contribution in [1.29, 1.82) is 0 Å². The Labute approximate surface area is 153 Å². The number of rotatable bonds is 5. The van der Waals surface area contributed by atoms with Gasteiger partial charge in [0.1, 0.15) is 5.82 Å². The number of guanidine groups is 1. The molecule has 0 aromatic heterocycles. The number of benzene rings is 1. The molecule has 0 radical (unpaired) electrons. The van der Waals surface area contributed by atoms with Crippen LogP contribution in [-0.2, 0) is 0 Å². The molecule has 3 rings (SSSR count). The van der Waals surface area contributed by atoms with E-state index in [0.29, 0.717) is 10.6 Å². The first-order valence-corrected chi connectivity index (χ1v) is 8.05. The van der Waals surface area contributed by atoms with Gasteiger partial charge in [-0.1, -0.05) is 17.7 Å². The summed E-state index contributed by atoms with van der Waals surface area (Å²) < 4.78 is 13.9. The van der Waals surface area contributed by atoms with Crippen LogP contribution in [0, 0.1) is 11.7 Å². The van der Waals surface area contributed by atoms with Gasteiger partial charge in [0, 0.05) is 35.6 Å². The molecule has 2 aliphatic rings. The molecular weight excluding hydrogens is 416 g/mol. The van der Waals surface area contributed by atoms with Gasteiger partial charge in [0.2, 0.25) is 0 Å². The van der Waals surface area contributed by atoms with Gasteiger partial charge in [0.15, 0.2) is 5.96 Å². The van der Waals surface area contributed by atoms with Crippen LogP contribution in [0.1, 0.15) is 37.7 Å². The van der Waals surface area contributed by atoms with Crippen LogP contribution >= 0.6 is 35.6 Å². The molecule has 2 N–H and O–H groups in total. The van der Waals surface area contributed by atoms with E-state index in [0.717, 1.165) is 31.4 Å². The van der Waals surface area contributed by atoms with Crippen molar-refractivity contribution in [3.05, 3.63) is 34.6 Å². The minimum absolute atomic E-state index is 0. The highest BCUT2D eigenvalue weighted by molar-refractivity contribution is 14.0. The van der Waals surface area contributed by atoms with E-state index < -0.39 is 0 Å². The number of halogens is 3. The first-order valence-electron chi connectivity index (χ1n) is 7.67. The normalized spacial score (nSPS) is 23.7. The third-order valence-corrected chi connectivity index (χ3v) is 4.36. The van der Waals surface area contributed by atoms with Crippen LogP contribution in [0.15, 0.2) is 23.2 Å². The van der Waals surface area contributed by atoms with E-state index in [1.165, 1.54) is 18.9 Å². The average Bonchev–Trinajstić information content (AvgIpc) is 3.32. The smallest absolute Gasteiger partial charge is 0.191 e. The third-order valence-electron chi connectivity index (χ3n) is 4.03. The molecule has 122 valence electrons. The molecule has 0 aliphatic heterocycles. The summed E-state index contributed by atoms with van der Waals surface area (Å²) in [4.78, 5) is 4.60. The second-order valence-corrected chi connectivity index (χ2v) is 6.30. The summed E-state index contributed by atoms with van der Waals surface area (Å²) in [6.45, 7) is 3.76. The molecule has 0 amide bonds. The van der Waals surface area contributed by atoms with E-state index >= 15 is 0 Å². The lowest BCUT2D eigenvalue weighted by Crippen LogP contribution is -2.39. The molecule has 2 aliphatic carbocycles. The van der Waals surface area contributed by atoms with Crippen molar-refractivity contribution >= 4 is 41.5 Å². The minimum Gasteiger partial charge on any atom is -0.357 e. The number of hydrogen-bond donors (Lipinski definition) is 2. The number of nitrogens with one attached hydrogen (secondary N) is 2. The first kappa shape index (κ1) is 17.8. The van der Waals surface area contributed by atoms with Gasteiger partial charge in [-0.05, 0) is 44.2 Å². The van der Waals surface area contributed by atoms with Crippen molar-refractivity contribution in [2.45, 2.75) is 38.1 Å². The predicted molar refractivity (Wildman–Crippen MR) is 99.8 cm³/mol. The van der Waals surface area contributed by atoms with Crippen molar-refractivity contribution in [2.24, 2.45) is 10.9 Å². The van der Waals surface area contributed by atoms with E-state index in [2.05, 4.69) is 15.6 Å². The maximum absolute atomic E-state index is 13.9. The summed E-state index contributed by atoms with van der Waals surface area (Å²) >= 11 is 6.12. The van der Waals surface area contributed by atoms with E-state index in [4.69, 9.17) is 11.6 Å².